The number of carbonyl (C=O) groups excluding carboxylic acids is 1. The topological polar surface area (TPSA) is 91.3 Å². The van der Waals surface area contributed by atoms with Crippen LogP contribution in [0.4, 0.5) is 0 Å². The Morgan fingerprint density at radius 2 is 2.32 bits per heavy atom. The number of amides is 1. The molecule has 1 aromatic carbocycles. The van der Waals surface area contributed by atoms with Gasteiger partial charge in [0.2, 0.25) is 0 Å². The summed E-state index contributed by atoms with van der Waals surface area (Å²) < 4.78 is 5.65. The van der Waals surface area contributed by atoms with Crippen LogP contribution in [0.1, 0.15) is 36.3 Å². The average molecular weight is 342 g/mol. The number of β-amino-alcohol motifs (C(OH)–C–C–N with tert-alkyl or cyclic N) is 1. The van der Waals surface area contributed by atoms with Crippen molar-refractivity contribution in [2.75, 3.05) is 19.7 Å². The molecule has 7 heteroatoms. The van der Waals surface area contributed by atoms with Crippen molar-refractivity contribution in [2.24, 2.45) is 0 Å². The molecule has 1 aliphatic heterocycles. The number of likely N-dealkylation sites (tertiary alicyclic amines) is 1. The maximum atomic E-state index is 12.7. The second-order valence-electron chi connectivity index (χ2n) is 6.48. The standard InChI is InChI=1S/C18H22N4O3/c1-13(2)6-9-25-15-5-3-4-14(10-15)17(23)22-8-7-18(24,12-22)16-11-19-21-20-16/h3-6,10-11,24H,7-9,12H2,1-2H3,(H,19,20,21). The maximum Gasteiger partial charge on any atom is 0.254 e. The molecule has 2 N–H and O–H groups in total. The van der Waals surface area contributed by atoms with E-state index in [1.54, 1.807) is 23.1 Å². The minimum absolute atomic E-state index is 0.132. The van der Waals surface area contributed by atoms with Crippen LogP contribution in [0.2, 0.25) is 0 Å². The van der Waals surface area contributed by atoms with E-state index in [4.69, 9.17) is 4.74 Å². The van der Waals surface area contributed by atoms with Crippen molar-refractivity contribution in [1.82, 2.24) is 20.3 Å². The Balaban J connectivity index is 1.68. The molecule has 2 heterocycles. The number of ether oxygens (including phenoxy) is 1. The van der Waals surface area contributed by atoms with Crippen LogP contribution in [0, 0.1) is 0 Å². The smallest absolute Gasteiger partial charge is 0.254 e. The van der Waals surface area contributed by atoms with Gasteiger partial charge in [-0.2, -0.15) is 15.4 Å². The summed E-state index contributed by atoms with van der Waals surface area (Å²) in [4.78, 5) is 14.4. The Bertz CT molecular complexity index is 768. The lowest BCUT2D eigenvalue weighted by atomic mass is 10.00. The van der Waals surface area contributed by atoms with Crippen LogP contribution in [-0.2, 0) is 5.60 Å². The fourth-order valence-corrected chi connectivity index (χ4v) is 2.81. The minimum Gasteiger partial charge on any atom is -0.490 e. The van der Waals surface area contributed by atoms with E-state index < -0.39 is 5.60 Å². The van der Waals surface area contributed by atoms with Crippen molar-refractivity contribution in [2.45, 2.75) is 25.9 Å². The Labute approximate surface area is 146 Å². The van der Waals surface area contributed by atoms with Crippen LogP contribution >= 0.6 is 0 Å². The zero-order valence-corrected chi connectivity index (χ0v) is 14.4. The summed E-state index contributed by atoms with van der Waals surface area (Å²) in [6, 6.07) is 7.11. The number of benzene rings is 1. The van der Waals surface area contributed by atoms with E-state index in [2.05, 4.69) is 15.4 Å². The van der Waals surface area contributed by atoms with Gasteiger partial charge in [0, 0.05) is 18.5 Å². The number of hydrogen-bond donors (Lipinski definition) is 2. The fraction of sp³-hybridized carbons (Fsp3) is 0.389. The van der Waals surface area contributed by atoms with Gasteiger partial charge in [-0.25, -0.2) is 0 Å². The molecule has 1 aromatic heterocycles. The SMILES string of the molecule is CC(C)=CCOc1cccc(C(=O)N2CCC(O)(c3cn[nH]n3)C2)c1. The van der Waals surface area contributed by atoms with Crippen LogP contribution in [0.15, 0.2) is 42.1 Å². The van der Waals surface area contributed by atoms with Gasteiger partial charge in [0.1, 0.15) is 23.7 Å². The van der Waals surface area contributed by atoms with Gasteiger partial charge >= 0.3 is 0 Å². The number of rotatable bonds is 5. The number of aromatic nitrogens is 3. The predicted molar refractivity (Wildman–Crippen MR) is 92.2 cm³/mol. The fourth-order valence-electron chi connectivity index (χ4n) is 2.81. The molecule has 0 aliphatic carbocycles. The first-order valence-electron chi connectivity index (χ1n) is 8.22. The Kier molecular flexibility index (Phi) is 4.85. The van der Waals surface area contributed by atoms with Crippen molar-refractivity contribution >= 4 is 5.91 Å². The molecular formula is C18H22N4O3. The van der Waals surface area contributed by atoms with E-state index in [-0.39, 0.29) is 12.5 Å². The number of allylic oxidation sites excluding steroid dienone is 1. The molecule has 0 radical (unpaired) electrons. The van der Waals surface area contributed by atoms with Crippen molar-refractivity contribution in [3.8, 4) is 5.75 Å². The van der Waals surface area contributed by atoms with Crippen LogP contribution in [0.3, 0.4) is 0 Å². The Morgan fingerprint density at radius 1 is 1.48 bits per heavy atom. The number of aliphatic hydroxyl groups is 1. The highest BCUT2D eigenvalue weighted by Crippen LogP contribution is 2.31. The van der Waals surface area contributed by atoms with Crippen molar-refractivity contribution < 1.29 is 14.6 Å². The van der Waals surface area contributed by atoms with Gasteiger partial charge in [0.25, 0.3) is 5.91 Å². The number of nitrogens with zero attached hydrogens (tertiary/aromatic N) is 3. The molecule has 1 unspecified atom stereocenters. The summed E-state index contributed by atoms with van der Waals surface area (Å²) in [5.41, 5.74) is 1.03. The number of carbonyl (C=O) groups is 1. The highest BCUT2D eigenvalue weighted by Gasteiger charge is 2.41. The van der Waals surface area contributed by atoms with E-state index in [0.717, 1.165) is 0 Å². The predicted octanol–water partition coefficient (Wildman–Crippen LogP) is 1.88. The monoisotopic (exact) mass is 342 g/mol. The first kappa shape index (κ1) is 17.2. The lowest BCUT2D eigenvalue weighted by Crippen LogP contribution is -2.34. The molecule has 1 amide bonds. The number of hydrogen-bond acceptors (Lipinski definition) is 5. The highest BCUT2D eigenvalue weighted by molar-refractivity contribution is 5.94. The van der Waals surface area contributed by atoms with Crippen molar-refractivity contribution in [1.29, 1.82) is 0 Å². The third-order valence-electron chi connectivity index (χ3n) is 4.25. The van der Waals surface area contributed by atoms with Gasteiger partial charge < -0.3 is 14.7 Å². The van der Waals surface area contributed by atoms with Crippen LogP contribution < -0.4 is 4.74 Å². The van der Waals surface area contributed by atoms with E-state index in [9.17, 15) is 9.90 Å². The van der Waals surface area contributed by atoms with Gasteiger partial charge in [-0.05, 0) is 38.1 Å². The molecular weight excluding hydrogens is 320 g/mol. The third kappa shape index (κ3) is 3.88. The highest BCUT2D eigenvalue weighted by atomic mass is 16.5. The zero-order chi connectivity index (χ0) is 17.9. The molecule has 0 saturated carbocycles. The molecule has 3 rings (SSSR count). The van der Waals surface area contributed by atoms with Crippen molar-refractivity contribution in [3.05, 3.63) is 53.4 Å². The quantitative estimate of drug-likeness (QED) is 0.810. The minimum atomic E-state index is -1.15. The molecule has 1 fully saturated rings. The van der Waals surface area contributed by atoms with E-state index in [0.29, 0.717) is 36.6 Å². The van der Waals surface area contributed by atoms with E-state index >= 15 is 0 Å². The third-order valence-corrected chi connectivity index (χ3v) is 4.25. The number of aromatic amines is 1. The molecule has 132 valence electrons. The normalized spacial score (nSPS) is 19.7. The second kappa shape index (κ2) is 7.06. The summed E-state index contributed by atoms with van der Waals surface area (Å²) in [5, 5.41) is 20.9. The molecule has 1 saturated heterocycles. The number of nitrogens with one attached hydrogen (secondary N) is 1. The Hall–Kier alpha value is -2.67. The number of H-pyrrole nitrogens is 1. The average Bonchev–Trinajstić information content (AvgIpc) is 3.25. The van der Waals surface area contributed by atoms with Gasteiger partial charge in [-0.15, -0.1) is 0 Å². The van der Waals surface area contributed by atoms with Gasteiger partial charge in [0.15, 0.2) is 0 Å². The molecule has 0 bridgehead atoms. The molecule has 7 nitrogen and oxygen atoms in total. The molecule has 1 atom stereocenters. The van der Waals surface area contributed by atoms with Crippen molar-refractivity contribution in [3.63, 3.8) is 0 Å². The first-order valence-corrected chi connectivity index (χ1v) is 8.22. The maximum absolute atomic E-state index is 12.7. The Morgan fingerprint density at radius 3 is 3.04 bits per heavy atom. The van der Waals surface area contributed by atoms with Crippen LogP contribution in [0.25, 0.3) is 0 Å². The van der Waals surface area contributed by atoms with Gasteiger partial charge in [-0.1, -0.05) is 11.6 Å². The molecule has 1 aliphatic rings. The van der Waals surface area contributed by atoms with Gasteiger partial charge in [0.05, 0.1) is 12.7 Å². The summed E-state index contributed by atoms with van der Waals surface area (Å²) >= 11 is 0. The van der Waals surface area contributed by atoms with Gasteiger partial charge in [-0.3, -0.25) is 4.79 Å². The summed E-state index contributed by atoms with van der Waals surface area (Å²) in [6.07, 6.45) is 3.90. The second-order valence-corrected chi connectivity index (χ2v) is 6.48. The molecule has 25 heavy (non-hydrogen) atoms. The summed E-state index contributed by atoms with van der Waals surface area (Å²) in [5.74, 6) is 0.515. The lowest BCUT2D eigenvalue weighted by Gasteiger charge is -2.21. The lowest BCUT2D eigenvalue weighted by molar-refractivity contribution is 0.0382. The zero-order valence-electron chi connectivity index (χ0n) is 14.4. The van der Waals surface area contributed by atoms with E-state index in [1.807, 2.05) is 26.0 Å². The summed E-state index contributed by atoms with van der Waals surface area (Å²) in [7, 11) is 0. The van der Waals surface area contributed by atoms with Crippen LogP contribution in [0.5, 0.6) is 5.75 Å². The molecule has 0 spiro atoms. The largest absolute Gasteiger partial charge is 0.490 e. The van der Waals surface area contributed by atoms with Crippen LogP contribution in [-0.4, -0.2) is 51.0 Å². The molecule has 2 aromatic rings. The first-order chi connectivity index (χ1) is 12.0. The summed E-state index contributed by atoms with van der Waals surface area (Å²) in [6.45, 7) is 5.14. The van der Waals surface area contributed by atoms with E-state index in [1.165, 1.54) is 11.8 Å².